The lowest BCUT2D eigenvalue weighted by Gasteiger charge is -2.24. The highest BCUT2D eigenvalue weighted by Gasteiger charge is 2.34. The number of carbonyl (C=O) groups excluding carboxylic acids is 1. The Balaban J connectivity index is 1.40. The van der Waals surface area contributed by atoms with Crippen LogP contribution in [-0.4, -0.2) is 72.2 Å². The van der Waals surface area contributed by atoms with Crippen LogP contribution in [0.3, 0.4) is 0 Å². The molecule has 1 aromatic heterocycles. The van der Waals surface area contributed by atoms with E-state index in [0.29, 0.717) is 13.0 Å². The topological polar surface area (TPSA) is 57.7 Å². The number of hydrogen-bond acceptors (Lipinski definition) is 5. The Bertz CT molecular complexity index is 861. The summed E-state index contributed by atoms with van der Waals surface area (Å²) < 4.78 is 19.0. The lowest BCUT2D eigenvalue weighted by atomic mass is 10.1. The molecular formula is C21H27FN4O2. The minimum absolute atomic E-state index is 0.00493. The SMILES string of the molecule is COc1cc(N[C@H]2CCN(CC(=O)N3C[C@@H](F)C[C@H]3C)C2)c2cccnc2c1. The average Bonchev–Trinajstić information content (AvgIpc) is 3.26. The van der Waals surface area contributed by atoms with Crippen LogP contribution >= 0.6 is 0 Å². The molecule has 1 N–H and O–H groups in total. The van der Waals surface area contributed by atoms with Crippen LogP contribution in [0.15, 0.2) is 30.5 Å². The minimum Gasteiger partial charge on any atom is -0.497 e. The van der Waals surface area contributed by atoms with Crippen molar-refractivity contribution in [3.05, 3.63) is 30.5 Å². The maximum absolute atomic E-state index is 13.6. The first kappa shape index (κ1) is 18.9. The number of nitrogens with zero attached hydrogens (tertiary/aromatic N) is 3. The molecule has 4 rings (SSSR count). The normalized spacial score (nSPS) is 25.4. The zero-order chi connectivity index (χ0) is 19.7. The lowest BCUT2D eigenvalue weighted by molar-refractivity contribution is -0.132. The molecule has 3 heterocycles. The van der Waals surface area contributed by atoms with Crippen molar-refractivity contribution in [3.63, 3.8) is 0 Å². The van der Waals surface area contributed by atoms with Gasteiger partial charge in [0.05, 0.1) is 25.7 Å². The van der Waals surface area contributed by atoms with Gasteiger partial charge in [0.1, 0.15) is 11.9 Å². The van der Waals surface area contributed by atoms with E-state index in [-0.39, 0.29) is 24.5 Å². The fourth-order valence-corrected chi connectivity index (χ4v) is 4.30. The molecule has 2 aliphatic rings. The van der Waals surface area contributed by atoms with Gasteiger partial charge < -0.3 is 15.0 Å². The molecule has 150 valence electrons. The van der Waals surface area contributed by atoms with Crippen LogP contribution < -0.4 is 10.1 Å². The summed E-state index contributed by atoms with van der Waals surface area (Å²) >= 11 is 0. The van der Waals surface area contributed by atoms with Crippen molar-refractivity contribution in [2.75, 3.05) is 38.6 Å². The molecule has 2 aromatic rings. The van der Waals surface area contributed by atoms with Gasteiger partial charge in [-0.3, -0.25) is 14.7 Å². The fraction of sp³-hybridized carbons (Fsp3) is 0.524. The van der Waals surface area contributed by atoms with E-state index >= 15 is 0 Å². The molecule has 0 saturated carbocycles. The molecule has 0 bridgehead atoms. The maximum Gasteiger partial charge on any atom is 0.237 e. The smallest absolute Gasteiger partial charge is 0.237 e. The first-order valence-electron chi connectivity index (χ1n) is 9.88. The third-order valence-electron chi connectivity index (χ3n) is 5.76. The van der Waals surface area contributed by atoms with Gasteiger partial charge in [0, 0.05) is 61.0 Å². The molecule has 6 nitrogen and oxygen atoms in total. The van der Waals surface area contributed by atoms with E-state index in [4.69, 9.17) is 4.74 Å². The van der Waals surface area contributed by atoms with E-state index in [2.05, 4.69) is 15.2 Å². The number of hydrogen-bond donors (Lipinski definition) is 1. The molecule has 0 spiro atoms. The molecule has 1 amide bonds. The summed E-state index contributed by atoms with van der Waals surface area (Å²) in [6.45, 7) is 4.15. The highest BCUT2D eigenvalue weighted by Crippen LogP contribution is 2.29. The van der Waals surface area contributed by atoms with E-state index in [1.54, 1.807) is 18.2 Å². The lowest BCUT2D eigenvalue weighted by Crippen LogP contribution is -2.42. The number of carbonyl (C=O) groups is 1. The summed E-state index contributed by atoms with van der Waals surface area (Å²) in [6, 6.07) is 8.13. The Kier molecular flexibility index (Phi) is 5.35. The monoisotopic (exact) mass is 386 g/mol. The van der Waals surface area contributed by atoms with Crippen LogP contribution in [0.5, 0.6) is 5.75 Å². The number of aromatic nitrogens is 1. The highest BCUT2D eigenvalue weighted by molar-refractivity contribution is 5.92. The molecule has 7 heteroatoms. The molecule has 2 fully saturated rings. The van der Waals surface area contributed by atoms with Gasteiger partial charge in [0.25, 0.3) is 0 Å². The van der Waals surface area contributed by atoms with E-state index in [0.717, 1.165) is 41.9 Å². The Morgan fingerprint density at radius 3 is 3.00 bits per heavy atom. The number of fused-ring (bicyclic) bond motifs is 1. The summed E-state index contributed by atoms with van der Waals surface area (Å²) in [5, 5.41) is 4.65. The molecule has 2 saturated heterocycles. The van der Waals surface area contributed by atoms with Gasteiger partial charge in [-0.25, -0.2) is 4.39 Å². The molecule has 0 unspecified atom stereocenters. The summed E-state index contributed by atoms with van der Waals surface area (Å²) in [6.07, 6.45) is 2.29. The summed E-state index contributed by atoms with van der Waals surface area (Å²) in [5.74, 6) is 0.798. The number of halogens is 1. The van der Waals surface area contributed by atoms with E-state index < -0.39 is 6.17 Å². The Morgan fingerprint density at radius 2 is 2.25 bits per heavy atom. The quantitative estimate of drug-likeness (QED) is 0.856. The highest BCUT2D eigenvalue weighted by atomic mass is 19.1. The number of alkyl halides is 1. The third kappa shape index (κ3) is 3.90. The molecule has 1 aromatic carbocycles. The third-order valence-corrected chi connectivity index (χ3v) is 5.76. The number of benzene rings is 1. The van der Waals surface area contributed by atoms with Crippen LogP contribution in [0.1, 0.15) is 19.8 Å². The number of nitrogens with one attached hydrogen (secondary N) is 1. The molecule has 28 heavy (non-hydrogen) atoms. The first-order chi connectivity index (χ1) is 13.5. The molecular weight excluding hydrogens is 359 g/mol. The van der Waals surface area contributed by atoms with Crippen molar-refractivity contribution in [1.29, 1.82) is 0 Å². The predicted molar refractivity (Wildman–Crippen MR) is 107 cm³/mol. The zero-order valence-electron chi connectivity index (χ0n) is 16.4. The van der Waals surface area contributed by atoms with Gasteiger partial charge in [0.2, 0.25) is 5.91 Å². The average molecular weight is 386 g/mol. The van der Waals surface area contributed by atoms with Gasteiger partial charge in [-0.2, -0.15) is 0 Å². The Labute approximate surface area is 164 Å². The standard InChI is InChI=1S/C21H27FN4O2/c1-14-8-15(22)11-26(14)21(27)13-25-7-5-16(12-25)24-20-10-17(28-2)9-19-18(20)4-3-6-23-19/h3-4,6,9-10,14-16,24H,5,7-8,11-13H2,1-2H3/t14-,15+,16+/m1/s1. The Hall–Kier alpha value is -2.41. The molecule has 0 radical (unpaired) electrons. The number of amides is 1. The van der Waals surface area contributed by atoms with E-state index in [9.17, 15) is 9.18 Å². The second-order valence-corrected chi connectivity index (χ2v) is 7.84. The summed E-state index contributed by atoms with van der Waals surface area (Å²) in [5.41, 5.74) is 1.88. The van der Waals surface area contributed by atoms with Gasteiger partial charge in [0.15, 0.2) is 0 Å². The van der Waals surface area contributed by atoms with Crippen molar-refractivity contribution >= 4 is 22.5 Å². The van der Waals surface area contributed by atoms with Crippen molar-refractivity contribution < 1.29 is 13.9 Å². The second-order valence-electron chi connectivity index (χ2n) is 7.84. The summed E-state index contributed by atoms with van der Waals surface area (Å²) in [7, 11) is 1.65. The van der Waals surface area contributed by atoms with E-state index in [1.807, 2.05) is 31.2 Å². The first-order valence-corrected chi connectivity index (χ1v) is 9.88. The number of ether oxygens (including phenoxy) is 1. The largest absolute Gasteiger partial charge is 0.497 e. The van der Waals surface area contributed by atoms with Crippen molar-refractivity contribution in [3.8, 4) is 5.75 Å². The van der Waals surface area contributed by atoms with Crippen molar-refractivity contribution in [2.45, 2.75) is 38.0 Å². The van der Waals surface area contributed by atoms with Gasteiger partial charge in [-0.1, -0.05) is 0 Å². The fourth-order valence-electron chi connectivity index (χ4n) is 4.30. The number of rotatable bonds is 5. The number of methoxy groups -OCH3 is 1. The molecule has 2 aliphatic heterocycles. The van der Waals surface area contributed by atoms with Crippen LogP contribution in [0.2, 0.25) is 0 Å². The second kappa shape index (κ2) is 7.91. The number of pyridine rings is 1. The van der Waals surface area contributed by atoms with Crippen LogP contribution in [0.25, 0.3) is 10.9 Å². The van der Waals surface area contributed by atoms with Crippen molar-refractivity contribution in [1.82, 2.24) is 14.8 Å². The van der Waals surface area contributed by atoms with Gasteiger partial charge in [-0.15, -0.1) is 0 Å². The van der Waals surface area contributed by atoms with Crippen LogP contribution in [-0.2, 0) is 4.79 Å². The van der Waals surface area contributed by atoms with E-state index in [1.165, 1.54) is 0 Å². The Morgan fingerprint density at radius 1 is 1.39 bits per heavy atom. The maximum atomic E-state index is 13.6. The van der Waals surface area contributed by atoms with Crippen molar-refractivity contribution in [2.24, 2.45) is 0 Å². The molecule has 0 aliphatic carbocycles. The summed E-state index contributed by atoms with van der Waals surface area (Å²) in [4.78, 5) is 20.8. The minimum atomic E-state index is -0.887. The van der Waals surface area contributed by atoms with Gasteiger partial charge >= 0.3 is 0 Å². The van der Waals surface area contributed by atoms with Crippen LogP contribution in [0.4, 0.5) is 10.1 Å². The van der Waals surface area contributed by atoms with Gasteiger partial charge in [-0.05, 0) is 25.5 Å². The molecule has 3 atom stereocenters. The number of likely N-dealkylation sites (tertiary alicyclic amines) is 2. The predicted octanol–water partition coefficient (Wildman–Crippen LogP) is 2.69. The van der Waals surface area contributed by atoms with Crippen LogP contribution in [0, 0.1) is 0 Å². The number of anilines is 1. The zero-order valence-corrected chi connectivity index (χ0v) is 16.4.